The first-order chi connectivity index (χ1) is 10.5. The van der Waals surface area contributed by atoms with Gasteiger partial charge < -0.3 is 9.32 Å². The van der Waals surface area contributed by atoms with Gasteiger partial charge in [-0.3, -0.25) is 9.78 Å². The second-order valence-corrected chi connectivity index (χ2v) is 6.36. The van der Waals surface area contributed by atoms with Crippen molar-refractivity contribution in [3.05, 3.63) is 53.2 Å². The Labute approximate surface area is 135 Å². The molecular weight excluding hydrogens is 296 g/mol. The molecule has 0 saturated heterocycles. The summed E-state index contributed by atoms with van der Waals surface area (Å²) in [5, 5.41) is 0. The Balaban J connectivity index is 2.02. The van der Waals surface area contributed by atoms with Crippen LogP contribution in [0.5, 0.6) is 0 Å². The molecule has 118 valence electrons. The number of pyridine rings is 1. The van der Waals surface area contributed by atoms with Crippen molar-refractivity contribution >= 4 is 17.7 Å². The van der Waals surface area contributed by atoms with E-state index in [1.807, 2.05) is 32.2 Å². The second-order valence-electron chi connectivity index (χ2n) is 5.49. The molecular formula is C17H22N2O2S. The number of carbonyl (C=O) groups excluding carboxylic acids is 1. The molecule has 5 heteroatoms. The lowest BCUT2D eigenvalue weighted by molar-refractivity contribution is 0.0709. The highest BCUT2D eigenvalue weighted by Gasteiger charge is 2.21. The molecule has 1 atom stereocenters. The number of likely N-dealkylation sites (N-methyl/N-ethyl adjacent to an activating group) is 1. The number of hydrogen-bond donors (Lipinski definition) is 0. The molecule has 2 rings (SSSR count). The van der Waals surface area contributed by atoms with Gasteiger partial charge in [0.05, 0.1) is 5.75 Å². The first kappa shape index (κ1) is 16.6. The summed E-state index contributed by atoms with van der Waals surface area (Å²) < 4.78 is 5.60. The quantitative estimate of drug-likeness (QED) is 0.817. The molecule has 2 aromatic rings. The highest BCUT2D eigenvalue weighted by Crippen LogP contribution is 2.16. The molecule has 0 unspecified atom stereocenters. The van der Waals surface area contributed by atoms with Crippen molar-refractivity contribution in [1.82, 2.24) is 9.88 Å². The van der Waals surface area contributed by atoms with E-state index in [-0.39, 0.29) is 11.9 Å². The third-order valence-electron chi connectivity index (χ3n) is 3.62. The molecule has 0 aliphatic carbocycles. The summed E-state index contributed by atoms with van der Waals surface area (Å²) >= 11 is 1.67. The molecule has 0 aliphatic rings. The topological polar surface area (TPSA) is 46.3 Å². The third-order valence-corrected chi connectivity index (χ3v) is 4.19. The van der Waals surface area contributed by atoms with Crippen LogP contribution in [0.3, 0.4) is 0 Å². The van der Waals surface area contributed by atoms with E-state index in [1.54, 1.807) is 36.0 Å². The number of thioether (sulfide) groups is 1. The number of amides is 1. The van der Waals surface area contributed by atoms with Crippen LogP contribution in [0.1, 0.15) is 34.5 Å². The van der Waals surface area contributed by atoms with Crippen LogP contribution in [0.25, 0.3) is 0 Å². The molecule has 2 heterocycles. The summed E-state index contributed by atoms with van der Waals surface area (Å²) in [4.78, 5) is 18.5. The van der Waals surface area contributed by atoms with Gasteiger partial charge in [0, 0.05) is 31.4 Å². The van der Waals surface area contributed by atoms with Crippen LogP contribution in [0.4, 0.5) is 0 Å². The minimum absolute atomic E-state index is 0.0518. The number of furan rings is 1. The normalized spacial score (nSPS) is 12.2. The van der Waals surface area contributed by atoms with Crippen molar-refractivity contribution in [3.8, 4) is 0 Å². The summed E-state index contributed by atoms with van der Waals surface area (Å²) in [5.41, 5.74) is 2.17. The van der Waals surface area contributed by atoms with Crippen LogP contribution < -0.4 is 0 Å². The van der Waals surface area contributed by atoms with Gasteiger partial charge in [-0.05, 0) is 49.9 Å². The van der Waals surface area contributed by atoms with Crippen LogP contribution in [0.2, 0.25) is 0 Å². The minimum Gasteiger partial charge on any atom is -0.455 e. The van der Waals surface area contributed by atoms with Crippen molar-refractivity contribution in [1.29, 1.82) is 0 Å². The lowest BCUT2D eigenvalue weighted by Gasteiger charge is -2.23. The maximum Gasteiger partial charge on any atom is 0.289 e. The largest absolute Gasteiger partial charge is 0.455 e. The molecule has 1 amide bonds. The molecule has 0 radical (unpaired) electrons. The van der Waals surface area contributed by atoms with E-state index in [0.29, 0.717) is 5.76 Å². The Hall–Kier alpha value is -1.75. The lowest BCUT2D eigenvalue weighted by atomic mass is 10.1. The second kappa shape index (κ2) is 7.49. The van der Waals surface area contributed by atoms with Crippen LogP contribution in [-0.2, 0) is 12.2 Å². The summed E-state index contributed by atoms with van der Waals surface area (Å²) in [5.74, 6) is 1.92. The van der Waals surface area contributed by atoms with Crippen molar-refractivity contribution < 1.29 is 9.21 Å². The third kappa shape index (κ3) is 4.13. The predicted octanol–water partition coefficient (Wildman–Crippen LogP) is 3.55. The molecule has 4 nitrogen and oxygen atoms in total. The van der Waals surface area contributed by atoms with Crippen molar-refractivity contribution in [2.45, 2.75) is 32.1 Å². The number of nitrogens with zero attached hydrogens (tertiary/aromatic N) is 2. The van der Waals surface area contributed by atoms with Crippen LogP contribution in [-0.4, -0.2) is 35.1 Å². The highest BCUT2D eigenvalue weighted by molar-refractivity contribution is 7.97. The van der Waals surface area contributed by atoms with Gasteiger partial charge in [-0.1, -0.05) is 0 Å². The van der Waals surface area contributed by atoms with E-state index in [1.165, 1.54) is 5.56 Å². The monoisotopic (exact) mass is 318 g/mol. The van der Waals surface area contributed by atoms with Crippen molar-refractivity contribution in [2.24, 2.45) is 0 Å². The van der Waals surface area contributed by atoms with E-state index in [9.17, 15) is 4.79 Å². The number of aromatic nitrogens is 1. The average Bonchev–Trinajstić information content (AvgIpc) is 2.94. The zero-order chi connectivity index (χ0) is 16.1. The van der Waals surface area contributed by atoms with Crippen LogP contribution in [0, 0.1) is 6.92 Å². The van der Waals surface area contributed by atoms with Gasteiger partial charge in [0.1, 0.15) is 5.76 Å². The molecule has 0 N–H and O–H groups in total. The van der Waals surface area contributed by atoms with Gasteiger partial charge in [0.15, 0.2) is 5.76 Å². The maximum absolute atomic E-state index is 12.5. The van der Waals surface area contributed by atoms with E-state index in [0.717, 1.165) is 23.6 Å². The summed E-state index contributed by atoms with van der Waals surface area (Å²) in [6.45, 7) is 4.06. The molecule has 0 fully saturated rings. The number of rotatable bonds is 6. The Morgan fingerprint density at radius 1 is 1.41 bits per heavy atom. The van der Waals surface area contributed by atoms with E-state index in [2.05, 4.69) is 11.1 Å². The molecule has 0 spiro atoms. The number of hydrogen-bond acceptors (Lipinski definition) is 4. The zero-order valence-corrected chi connectivity index (χ0v) is 14.3. The molecule has 2 aromatic heterocycles. The fraction of sp³-hybridized carbons (Fsp3) is 0.412. The van der Waals surface area contributed by atoms with Gasteiger partial charge in [-0.15, -0.1) is 0 Å². The van der Waals surface area contributed by atoms with Gasteiger partial charge in [0.2, 0.25) is 0 Å². The highest BCUT2D eigenvalue weighted by atomic mass is 32.2. The fourth-order valence-electron chi connectivity index (χ4n) is 2.24. The zero-order valence-electron chi connectivity index (χ0n) is 13.5. The Morgan fingerprint density at radius 2 is 2.18 bits per heavy atom. The first-order valence-electron chi connectivity index (χ1n) is 7.27. The maximum atomic E-state index is 12.5. The van der Waals surface area contributed by atoms with E-state index >= 15 is 0 Å². The molecule has 0 saturated carbocycles. The molecule has 0 aromatic carbocycles. The molecule has 0 bridgehead atoms. The number of aryl methyl sites for hydroxylation is 1. The molecule has 22 heavy (non-hydrogen) atoms. The smallest absolute Gasteiger partial charge is 0.289 e. The molecule has 0 aliphatic heterocycles. The predicted molar refractivity (Wildman–Crippen MR) is 90.2 cm³/mol. The van der Waals surface area contributed by atoms with Gasteiger partial charge in [0.25, 0.3) is 5.91 Å². The summed E-state index contributed by atoms with van der Waals surface area (Å²) in [6.07, 6.45) is 4.54. The van der Waals surface area contributed by atoms with Gasteiger partial charge in [-0.2, -0.15) is 11.8 Å². The SMILES string of the molecule is CSCc1ccc(C(=O)N(C)[C@@H](C)Cc2cc(C)ccn2)o1. The van der Waals surface area contributed by atoms with Gasteiger partial charge in [-0.25, -0.2) is 0 Å². The Kier molecular flexibility index (Phi) is 5.66. The van der Waals surface area contributed by atoms with Crippen LogP contribution >= 0.6 is 11.8 Å². The van der Waals surface area contributed by atoms with Gasteiger partial charge >= 0.3 is 0 Å². The average molecular weight is 318 g/mol. The lowest BCUT2D eigenvalue weighted by Crippen LogP contribution is -2.36. The summed E-state index contributed by atoms with van der Waals surface area (Å²) in [6, 6.07) is 7.69. The van der Waals surface area contributed by atoms with E-state index in [4.69, 9.17) is 4.42 Å². The van der Waals surface area contributed by atoms with Crippen LogP contribution in [0.15, 0.2) is 34.9 Å². The van der Waals surface area contributed by atoms with Crippen molar-refractivity contribution in [2.75, 3.05) is 13.3 Å². The fourth-order valence-corrected chi connectivity index (χ4v) is 2.68. The first-order valence-corrected chi connectivity index (χ1v) is 8.67. The minimum atomic E-state index is -0.0903. The Morgan fingerprint density at radius 3 is 2.86 bits per heavy atom. The summed E-state index contributed by atoms with van der Waals surface area (Å²) in [7, 11) is 1.81. The van der Waals surface area contributed by atoms with E-state index < -0.39 is 0 Å². The number of carbonyl (C=O) groups is 1. The Bertz CT molecular complexity index is 639. The standard InChI is InChI=1S/C17H22N2O2S/c1-12-7-8-18-14(9-12)10-13(2)19(3)17(20)16-6-5-15(21-16)11-22-4/h5-9,13H,10-11H2,1-4H3/t13-/m0/s1. The van der Waals surface area contributed by atoms with Crippen molar-refractivity contribution in [3.63, 3.8) is 0 Å².